The first-order valence-corrected chi connectivity index (χ1v) is 12.6. The number of aliphatic hydroxyl groups is 1. The van der Waals surface area contributed by atoms with Crippen molar-refractivity contribution in [1.29, 1.82) is 0 Å². The van der Waals surface area contributed by atoms with Crippen LogP contribution in [0.1, 0.15) is 12.6 Å². The molecule has 1 saturated heterocycles. The van der Waals surface area contributed by atoms with Gasteiger partial charge < -0.3 is 34.7 Å². The number of aliphatic hydroxyl groups excluding tert-OH is 1. The summed E-state index contributed by atoms with van der Waals surface area (Å²) in [5.74, 6) is 0. The van der Waals surface area contributed by atoms with E-state index >= 15 is 0 Å². The topological polar surface area (TPSA) is 214 Å². The Bertz CT molecular complexity index is 820. The summed E-state index contributed by atoms with van der Waals surface area (Å²) < 4.78 is 50.8. The minimum Gasteiger partial charge on any atom is -0.389 e. The smallest absolute Gasteiger partial charge is 0.389 e. The largest absolute Gasteiger partial charge is 0.490 e. The molecule has 0 spiro atoms. The van der Waals surface area contributed by atoms with E-state index in [2.05, 4.69) is 23.4 Å². The van der Waals surface area contributed by atoms with E-state index in [0.717, 1.165) is 0 Å². The highest BCUT2D eigenvalue weighted by Crippen LogP contribution is 2.66. The van der Waals surface area contributed by atoms with Gasteiger partial charge in [-0.25, -0.2) is 13.7 Å². The molecule has 166 valence electrons. The predicted octanol–water partition coefficient (Wildman–Crippen LogP) is 0.0313. The number of pyridine rings is 1. The van der Waals surface area contributed by atoms with Crippen LogP contribution >= 0.6 is 23.5 Å². The third-order valence-electron chi connectivity index (χ3n) is 3.71. The second kappa shape index (κ2) is 9.71. The van der Waals surface area contributed by atoms with Gasteiger partial charge in [0, 0.05) is 12.7 Å². The third-order valence-corrected chi connectivity index (χ3v) is 7.51. The van der Waals surface area contributed by atoms with E-state index in [1.807, 2.05) is 0 Å². The zero-order valence-corrected chi connectivity index (χ0v) is 17.6. The molecule has 1 aliphatic heterocycles. The van der Waals surface area contributed by atoms with E-state index in [-0.39, 0.29) is 0 Å². The summed E-state index contributed by atoms with van der Waals surface area (Å²) >= 11 is 0. The number of hydrogen-bond acceptors (Lipinski definition) is 10. The molecule has 3 unspecified atom stereocenters. The Kier molecular flexibility index (Phi) is 8.28. The number of ether oxygens (including phenoxy) is 1. The lowest BCUT2D eigenvalue weighted by Gasteiger charge is -2.20. The lowest BCUT2D eigenvalue weighted by molar-refractivity contribution is -0.0167. The SMILES string of the molecule is C[C@@H]1O[C@H](COP(=O)(O)OP(=O)(O)OP(=O)(O)O)[C@H](O)C1NCc1ccccn1. The molecule has 1 aromatic heterocycles. The zero-order chi connectivity index (χ0) is 21.9. The molecule has 0 aromatic carbocycles. The van der Waals surface area contributed by atoms with Crippen LogP contribution in [0.2, 0.25) is 0 Å². The van der Waals surface area contributed by atoms with Gasteiger partial charge in [0.15, 0.2) is 0 Å². The van der Waals surface area contributed by atoms with Gasteiger partial charge in [-0.15, -0.1) is 0 Å². The number of nitrogens with zero attached hydrogens (tertiary/aromatic N) is 1. The van der Waals surface area contributed by atoms with Crippen molar-refractivity contribution < 1.29 is 56.3 Å². The molecule has 2 heterocycles. The monoisotopic (exact) mass is 478 g/mol. The van der Waals surface area contributed by atoms with Gasteiger partial charge in [0.2, 0.25) is 0 Å². The summed E-state index contributed by atoms with van der Waals surface area (Å²) in [7, 11) is -16.4. The maximum Gasteiger partial charge on any atom is 0.490 e. The summed E-state index contributed by atoms with van der Waals surface area (Å²) in [5.41, 5.74) is 0.712. The highest BCUT2D eigenvalue weighted by atomic mass is 31.3. The van der Waals surface area contributed by atoms with Crippen molar-refractivity contribution in [2.45, 2.75) is 37.8 Å². The van der Waals surface area contributed by atoms with Gasteiger partial charge in [-0.3, -0.25) is 9.51 Å². The maximum atomic E-state index is 11.7. The maximum absolute atomic E-state index is 11.7. The molecule has 1 aromatic rings. The van der Waals surface area contributed by atoms with Crippen LogP contribution in [-0.2, 0) is 38.1 Å². The van der Waals surface area contributed by atoms with Crippen LogP contribution < -0.4 is 5.32 Å². The van der Waals surface area contributed by atoms with E-state index in [1.54, 1.807) is 31.3 Å². The molecule has 29 heavy (non-hydrogen) atoms. The van der Waals surface area contributed by atoms with Crippen molar-refractivity contribution in [2.24, 2.45) is 0 Å². The second-order valence-electron chi connectivity index (χ2n) is 5.98. The van der Waals surface area contributed by atoms with Crippen LogP contribution in [0, 0.1) is 0 Å². The summed E-state index contributed by atoms with van der Waals surface area (Å²) in [5, 5.41) is 13.4. The first-order chi connectivity index (χ1) is 13.3. The number of rotatable bonds is 10. The van der Waals surface area contributed by atoms with Crippen LogP contribution in [0.15, 0.2) is 24.4 Å². The Morgan fingerprint density at radius 2 is 1.83 bits per heavy atom. The van der Waals surface area contributed by atoms with Crippen molar-refractivity contribution in [3.05, 3.63) is 30.1 Å². The molecule has 0 bridgehead atoms. The van der Waals surface area contributed by atoms with Crippen molar-refractivity contribution in [2.75, 3.05) is 6.61 Å². The van der Waals surface area contributed by atoms with Gasteiger partial charge >= 0.3 is 23.5 Å². The first kappa shape index (κ1) is 24.7. The van der Waals surface area contributed by atoms with Crippen LogP contribution in [0.5, 0.6) is 0 Å². The predicted molar refractivity (Wildman–Crippen MR) is 95.0 cm³/mol. The average molecular weight is 478 g/mol. The molecule has 6 N–H and O–H groups in total. The average Bonchev–Trinajstić information content (AvgIpc) is 2.82. The first-order valence-electron chi connectivity index (χ1n) is 8.03. The zero-order valence-electron chi connectivity index (χ0n) is 14.9. The van der Waals surface area contributed by atoms with Gasteiger partial charge in [0.25, 0.3) is 0 Å². The van der Waals surface area contributed by atoms with Crippen molar-refractivity contribution >= 4 is 23.5 Å². The fraction of sp³-hybridized carbons (Fsp3) is 0.583. The molecule has 0 radical (unpaired) electrons. The summed E-state index contributed by atoms with van der Waals surface area (Å²) in [4.78, 5) is 39.6. The van der Waals surface area contributed by atoms with Crippen molar-refractivity contribution in [3.8, 4) is 0 Å². The van der Waals surface area contributed by atoms with E-state index < -0.39 is 54.4 Å². The highest BCUT2D eigenvalue weighted by Gasteiger charge is 2.44. The molecule has 14 nitrogen and oxygen atoms in total. The molecule has 1 fully saturated rings. The molecular formula is C12H21N2O12P3. The molecule has 2 rings (SSSR count). The highest BCUT2D eigenvalue weighted by molar-refractivity contribution is 7.66. The van der Waals surface area contributed by atoms with E-state index in [4.69, 9.17) is 19.4 Å². The Hall–Kier alpha value is -0.560. The van der Waals surface area contributed by atoms with Gasteiger partial charge in [-0.05, 0) is 19.1 Å². The molecule has 17 heteroatoms. The van der Waals surface area contributed by atoms with Crippen LogP contribution in [0.25, 0.3) is 0 Å². The van der Waals surface area contributed by atoms with E-state index in [1.165, 1.54) is 0 Å². The number of phosphoric ester groups is 1. The van der Waals surface area contributed by atoms with E-state index in [9.17, 15) is 23.7 Å². The van der Waals surface area contributed by atoms with Gasteiger partial charge in [-0.1, -0.05) is 6.07 Å². The molecule has 0 aliphatic carbocycles. The molecule has 1 aliphatic rings. The Morgan fingerprint density at radius 3 is 2.41 bits per heavy atom. The van der Waals surface area contributed by atoms with E-state index in [0.29, 0.717) is 12.2 Å². The lowest BCUT2D eigenvalue weighted by atomic mass is 10.1. The second-order valence-corrected chi connectivity index (χ2v) is 10.4. The minimum absolute atomic E-state index is 0.318. The third kappa shape index (κ3) is 8.23. The molecule has 0 amide bonds. The Morgan fingerprint density at radius 1 is 1.14 bits per heavy atom. The Labute approximate surface area is 165 Å². The summed E-state index contributed by atoms with van der Waals surface area (Å²) in [6.45, 7) is 1.24. The molecular weight excluding hydrogens is 457 g/mol. The quantitative estimate of drug-likeness (QED) is 0.245. The van der Waals surface area contributed by atoms with Crippen molar-refractivity contribution in [1.82, 2.24) is 10.3 Å². The lowest BCUT2D eigenvalue weighted by Crippen LogP contribution is -2.44. The number of aromatic nitrogens is 1. The van der Waals surface area contributed by atoms with Gasteiger partial charge in [-0.2, -0.15) is 8.62 Å². The van der Waals surface area contributed by atoms with Crippen LogP contribution in [0.3, 0.4) is 0 Å². The standard InChI is InChI=1S/C12H21N2O12P3/c1-8-11(14-6-9-4-2-3-5-13-9)12(15)10(24-8)7-23-28(19,20)26-29(21,22)25-27(16,17)18/h2-5,8,10-12,14-15H,6-7H2,1H3,(H,19,20)(H,21,22)(H2,16,17,18)/t8-,10+,11?,12-/m0/s1. The number of hydrogen-bond donors (Lipinski definition) is 6. The molecule has 6 atom stereocenters. The summed E-state index contributed by atoms with van der Waals surface area (Å²) in [6.07, 6.45) is -1.20. The van der Waals surface area contributed by atoms with Gasteiger partial charge in [0.05, 0.1) is 24.4 Å². The fourth-order valence-electron chi connectivity index (χ4n) is 2.57. The normalized spacial score (nSPS) is 29.3. The molecule has 0 saturated carbocycles. The van der Waals surface area contributed by atoms with Gasteiger partial charge in [0.1, 0.15) is 12.2 Å². The van der Waals surface area contributed by atoms with Crippen LogP contribution in [0.4, 0.5) is 0 Å². The minimum atomic E-state index is -5.60. The Balaban J connectivity index is 1.89. The number of phosphoric acid groups is 3. The fourth-order valence-corrected chi connectivity index (χ4v) is 5.60. The number of nitrogens with one attached hydrogen (secondary N) is 1. The van der Waals surface area contributed by atoms with Crippen LogP contribution in [-0.4, -0.2) is 60.6 Å². The summed E-state index contributed by atoms with van der Waals surface area (Å²) in [6, 6.07) is 4.73. The van der Waals surface area contributed by atoms with Crippen molar-refractivity contribution in [3.63, 3.8) is 0 Å².